The number of nitrogens with one attached hydrogen (secondary N) is 1. The summed E-state index contributed by atoms with van der Waals surface area (Å²) < 4.78 is 0. The minimum atomic E-state index is 0.174. The van der Waals surface area contributed by atoms with Gasteiger partial charge in [0.1, 0.15) is 0 Å². The fourth-order valence-corrected chi connectivity index (χ4v) is 4.01. The number of nitrogens with zero attached hydrogens (tertiary/aromatic N) is 3. The largest absolute Gasteiger partial charge is 0.358 e. The van der Waals surface area contributed by atoms with Crippen molar-refractivity contribution in [3.8, 4) is 0 Å². The first-order valence-corrected chi connectivity index (χ1v) is 9.00. The Balaban J connectivity index is 1.42. The molecule has 0 unspecified atom stereocenters. The highest BCUT2D eigenvalue weighted by molar-refractivity contribution is 6.08. The molecule has 0 radical (unpaired) electrons. The Hall–Kier alpha value is -1.85. The summed E-state index contributed by atoms with van der Waals surface area (Å²) in [5.74, 6) is 0.174. The van der Waals surface area contributed by atoms with Crippen LogP contribution in [-0.4, -0.2) is 77.4 Å². The van der Waals surface area contributed by atoms with Crippen molar-refractivity contribution in [1.29, 1.82) is 0 Å². The van der Waals surface area contributed by atoms with E-state index in [0.29, 0.717) is 6.04 Å². The SMILES string of the molecule is CCN1CCN(C2CN(C(=O)c3c(C)[nH]c4ccccc34)C2)CC1. The van der Waals surface area contributed by atoms with Gasteiger partial charge in [-0.05, 0) is 19.5 Å². The summed E-state index contributed by atoms with van der Waals surface area (Å²) >= 11 is 0. The Kier molecular flexibility index (Phi) is 4.06. The third kappa shape index (κ3) is 2.62. The van der Waals surface area contributed by atoms with Gasteiger partial charge in [0.15, 0.2) is 0 Å². The van der Waals surface area contributed by atoms with Crippen LogP contribution in [0.4, 0.5) is 0 Å². The number of aromatic nitrogens is 1. The van der Waals surface area contributed by atoms with E-state index < -0.39 is 0 Å². The number of hydrogen-bond donors (Lipinski definition) is 1. The molecule has 1 aromatic heterocycles. The fraction of sp³-hybridized carbons (Fsp3) is 0.526. The van der Waals surface area contributed by atoms with Crippen LogP contribution in [0, 0.1) is 6.92 Å². The molecule has 2 saturated heterocycles. The summed E-state index contributed by atoms with van der Waals surface area (Å²) in [7, 11) is 0. The van der Waals surface area contributed by atoms with Crippen LogP contribution in [0.1, 0.15) is 23.0 Å². The lowest BCUT2D eigenvalue weighted by Gasteiger charge is -2.48. The Morgan fingerprint density at radius 2 is 1.88 bits per heavy atom. The maximum atomic E-state index is 12.9. The third-order valence-corrected chi connectivity index (χ3v) is 5.63. The summed E-state index contributed by atoms with van der Waals surface area (Å²) in [6, 6.07) is 8.61. The topological polar surface area (TPSA) is 42.6 Å². The van der Waals surface area contributed by atoms with Gasteiger partial charge in [0.25, 0.3) is 5.91 Å². The third-order valence-electron chi connectivity index (χ3n) is 5.63. The number of likely N-dealkylation sites (N-methyl/N-ethyl adjacent to an activating group) is 1. The predicted octanol–water partition coefficient (Wildman–Crippen LogP) is 1.94. The van der Waals surface area contributed by atoms with Gasteiger partial charge in [0.05, 0.1) is 5.56 Å². The first kappa shape index (κ1) is 15.7. The van der Waals surface area contributed by atoms with E-state index in [0.717, 1.165) is 68.0 Å². The van der Waals surface area contributed by atoms with E-state index in [2.05, 4.69) is 21.7 Å². The summed E-state index contributed by atoms with van der Waals surface area (Å²) in [5.41, 5.74) is 2.87. The molecule has 3 heterocycles. The number of aryl methyl sites for hydroxylation is 1. The van der Waals surface area contributed by atoms with Crippen LogP contribution >= 0.6 is 0 Å². The highest BCUT2D eigenvalue weighted by Crippen LogP contribution is 2.26. The number of hydrogen-bond acceptors (Lipinski definition) is 3. The number of carbonyl (C=O) groups excluding carboxylic acids is 1. The van der Waals surface area contributed by atoms with Gasteiger partial charge in [-0.25, -0.2) is 0 Å². The number of fused-ring (bicyclic) bond motifs is 1. The monoisotopic (exact) mass is 326 g/mol. The summed E-state index contributed by atoms with van der Waals surface area (Å²) in [6.07, 6.45) is 0. The molecule has 5 nitrogen and oxygen atoms in total. The van der Waals surface area contributed by atoms with Crippen LogP contribution in [0.25, 0.3) is 10.9 Å². The summed E-state index contributed by atoms with van der Waals surface area (Å²) in [5, 5.41) is 1.04. The van der Waals surface area contributed by atoms with Crippen LogP contribution < -0.4 is 0 Å². The molecule has 0 saturated carbocycles. The molecule has 1 N–H and O–H groups in total. The molecule has 5 heteroatoms. The smallest absolute Gasteiger partial charge is 0.256 e. The molecule has 0 spiro atoms. The Morgan fingerprint density at radius 1 is 1.17 bits per heavy atom. The normalized spacial score (nSPS) is 20.5. The number of rotatable bonds is 3. The van der Waals surface area contributed by atoms with E-state index in [-0.39, 0.29) is 5.91 Å². The Labute approximate surface area is 143 Å². The van der Waals surface area contributed by atoms with Gasteiger partial charge < -0.3 is 14.8 Å². The highest BCUT2D eigenvalue weighted by atomic mass is 16.2. The van der Waals surface area contributed by atoms with Crippen molar-refractivity contribution in [3.63, 3.8) is 0 Å². The number of para-hydroxylation sites is 1. The lowest BCUT2D eigenvalue weighted by atomic mass is 10.0. The molecule has 0 bridgehead atoms. The first-order valence-electron chi connectivity index (χ1n) is 9.00. The molecular formula is C19H26N4O. The molecular weight excluding hydrogens is 300 g/mol. The van der Waals surface area contributed by atoms with Gasteiger partial charge in [-0.2, -0.15) is 0 Å². The lowest BCUT2D eigenvalue weighted by molar-refractivity contribution is 0.00848. The summed E-state index contributed by atoms with van der Waals surface area (Å²) in [6.45, 7) is 11.7. The number of likely N-dealkylation sites (tertiary alicyclic amines) is 1. The average molecular weight is 326 g/mol. The number of H-pyrrole nitrogens is 1. The van der Waals surface area contributed by atoms with E-state index in [1.165, 1.54) is 0 Å². The molecule has 2 fully saturated rings. The van der Waals surface area contributed by atoms with Gasteiger partial charge in [0.2, 0.25) is 0 Å². The van der Waals surface area contributed by atoms with Crippen LogP contribution in [0.3, 0.4) is 0 Å². The molecule has 2 aliphatic rings. The number of carbonyl (C=O) groups is 1. The maximum Gasteiger partial charge on any atom is 0.256 e. The standard InChI is InChI=1S/C19H26N4O/c1-3-21-8-10-22(11-9-21)15-12-23(13-15)19(24)18-14(2)20-17-7-5-4-6-16(17)18/h4-7,15,20H,3,8-13H2,1-2H3. The van der Waals surface area contributed by atoms with E-state index in [4.69, 9.17) is 0 Å². The van der Waals surface area contributed by atoms with Gasteiger partial charge in [-0.15, -0.1) is 0 Å². The van der Waals surface area contributed by atoms with Gasteiger partial charge >= 0.3 is 0 Å². The number of piperazine rings is 1. The second kappa shape index (κ2) is 6.22. The molecule has 1 aromatic carbocycles. The van der Waals surface area contributed by atoms with Crippen molar-refractivity contribution in [2.24, 2.45) is 0 Å². The Bertz CT molecular complexity index is 739. The maximum absolute atomic E-state index is 12.9. The van der Waals surface area contributed by atoms with Gasteiger partial charge in [-0.3, -0.25) is 9.69 Å². The van der Waals surface area contributed by atoms with E-state index >= 15 is 0 Å². The van der Waals surface area contributed by atoms with Crippen molar-refractivity contribution in [1.82, 2.24) is 19.7 Å². The van der Waals surface area contributed by atoms with Crippen molar-refractivity contribution >= 4 is 16.8 Å². The van der Waals surface area contributed by atoms with Gasteiger partial charge in [-0.1, -0.05) is 25.1 Å². The van der Waals surface area contributed by atoms with Crippen LogP contribution in [0.5, 0.6) is 0 Å². The van der Waals surface area contributed by atoms with E-state index in [1.54, 1.807) is 0 Å². The fourth-order valence-electron chi connectivity index (χ4n) is 4.01. The van der Waals surface area contributed by atoms with Gasteiger partial charge in [0, 0.05) is 61.9 Å². The lowest BCUT2D eigenvalue weighted by Crippen LogP contribution is -2.64. The molecule has 4 rings (SSSR count). The predicted molar refractivity (Wildman–Crippen MR) is 96.4 cm³/mol. The zero-order valence-electron chi connectivity index (χ0n) is 14.6. The van der Waals surface area contributed by atoms with Crippen molar-refractivity contribution in [2.45, 2.75) is 19.9 Å². The Morgan fingerprint density at radius 3 is 2.58 bits per heavy atom. The number of amides is 1. The molecule has 0 atom stereocenters. The van der Waals surface area contributed by atoms with Crippen molar-refractivity contribution < 1.29 is 4.79 Å². The van der Waals surface area contributed by atoms with Crippen LogP contribution in [0.2, 0.25) is 0 Å². The molecule has 2 aromatic rings. The quantitative estimate of drug-likeness (QED) is 0.937. The molecule has 0 aliphatic carbocycles. The number of aromatic amines is 1. The highest BCUT2D eigenvalue weighted by Gasteiger charge is 2.37. The van der Waals surface area contributed by atoms with Crippen molar-refractivity contribution in [2.75, 3.05) is 45.8 Å². The molecule has 2 aliphatic heterocycles. The molecule has 1 amide bonds. The first-order chi connectivity index (χ1) is 11.7. The van der Waals surface area contributed by atoms with E-state index in [9.17, 15) is 4.79 Å². The zero-order valence-corrected chi connectivity index (χ0v) is 14.6. The summed E-state index contributed by atoms with van der Waals surface area (Å²) in [4.78, 5) is 23.3. The number of benzene rings is 1. The minimum absolute atomic E-state index is 0.174. The average Bonchev–Trinajstić information content (AvgIpc) is 2.89. The second-order valence-corrected chi connectivity index (χ2v) is 7.00. The zero-order chi connectivity index (χ0) is 16.7. The second-order valence-electron chi connectivity index (χ2n) is 7.00. The van der Waals surface area contributed by atoms with Crippen LogP contribution in [0.15, 0.2) is 24.3 Å². The van der Waals surface area contributed by atoms with E-state index in [1.807, 2.05) is 36.1 Å². The van der Waals surface area contributed by atoms with Crippen molar-refractivity contribution in [3.05, 3.63) is 35.5 Å². The molecule has 24 heavy (non-hydrogen) atoms. The van der Waals surface area contributed by atoms with Crippen LogP contribution in [-0.2, 0) is 0 Å². The minimum Gasteiger partial charge on any atom is -0.358 e. The molecule has 128 valence electrons.